The summed E-state index contributed by atoms with van der Waals surface area (Å²) in [5.41, 5.74) is 4.20. The monoisotopic (exact) mass is 210 g/mol. The minimum Gasteiger partial charge on any atom is -0.508 e. The van der Waals surface area contributed by atoms with E-state index in [0.29, 0.717) is 0 Å². The van der Waals surface area contributed by atoms with Gasteiger partial charge in [0, 0.05) is 0 Å². The molecule has 2 rings (SSSR count). The van der Waals surface area contributed by atoms with Crippen LogP contribution in [0.2, 0.25) is 0 Å². The molecule has 80 valence electrons. The summed E-state index contributed by atoms with van der Waals surface area (Å²) < 4.78 is 0. The van der Waals surface area contributed by atoms with Gasteiger partial charge in [0.2, 0.25) is 0 Å². The highest BCUT2D eigenvalue weighted by molar-refractivity contribution is 5.80. The third kappa shape index (κ3) is 1.98. The van der Waals surface area contributed by atoms with Crippen molar-refractivity contribution < 1.29 is 5.11 Å². The van der Waals surface area contributed by atoms with Gasteiger partial charge in [-0.25, -0.2) is 0 Å². The van der Waals surface area contributed by atoms with Gasteiger partial charge in [-0.2, -0.15) is 0 Å². The number of aromatic hydroxyl groups is 1. The van der Waals surface area contributed by atoms with Crippen LogP contribution in [0.5, 0.6) is 5.75 Å². The first-order valence-corrected chi connectivity index (χ1v) is 5.23. The topological polar surface area (TPSA) is 20.2 Å². The van der Waals surface area contributed by atoms with Gasteiger partial charge in [0.05, 0.1) is 0 Å². The molecule has 16 heavy (non-hydrogen) atoms. The lowest BCUT2D eigenvalue weighted by atomic mass is 9.96. The first kappa shape index (κ1) is 10.5. The SMILES string of the molecule is C=C(c1cccc(O)c1)c1ccccc1C. The van der Waals surface area contributed by atoms with Gasteiger partial charge in [0.15, 0.2) is 0 Å². The van der Waals surface area contributed by atoms with E-state index in [1.807, 2.05) is 30.3 Å². The van der Waals surface area contributed by atoms with Crippen LogP contribution >= 0.6 is 0 Å². The Kier molecular flexibility index (Phi) is 2.78. The molecule has 0 amide bonds. The van der Waals surface area contributed by atoms with Gasteiger partial charge in [-0.05, 0) is 41.3 Å². The molecule has 1 N–H and O–H groups in total. The van der Waals surface area contributed by atoms with Crippen molar-refractivity contribution >= 4 is 5.57 Å². The molecule has 0 aliphatic rings. The van der Waals surface area contributed by atoms with Crippen LogP contribution < -0.4 is 0 Å². The van der Waals surface area contributed by atoms with Crippen LogP contribution in [0.1, 0.15) is 16.7 Å². The van der Waals surface area contributed by atoms with Crippen molar-refractivity contribution in [2.24, 2.45) is 0 Å². The maximum atomic E-state index is 9.44. The quantitative estimate of drug-likeness (QED) is 0.800. The Morgan fingerprint density at radius 1 is 1.06 bits per heavy atom. The molecule has 0 aliphatic carbocycles. The molecular formula is C15H14O. The second-order valence-electron chi connectivity index (χ2n) is 3.84. The Morgan fingerprint density at radius 2 is 1.81 bits per heavy atom. The zero-order valence-corrected chi connectivity index (χ0v) is 9.27. The van der Waals surface area contributed by atoms with E-state index < -0.39 is 0 Å². The molecule has 1 nitrogen and oxygen atoms in total. The van der Waals surface area contributed by atoms with Crippen LogP contribution in [-0.2, 0) is 0 Å². The molecule has 0 fully saturated rings. The fraction of sp³-hybridized carbons (Fsp3) is 0.0667. The summed E-state index contributed by atoms with van der Waals surface area (Å²) in [5.74, 6) is 0.271. The minimum absolute atomic E-state index is 0.271. The average molecular weight is 210 g/mol. The molecular weight excluding hydrogens is 196 g/mol. The van der Waals surface area contributed by atoms with Crippen molar-refractivity contribution in [1.82, 2.24) is 0 Å². The molecule has 0 heterocycles. The number of rotatable bonds is 2. The van der Waals surface area contributed by atoms with Crippen LogP contribution in [-0.4, -0.2) is 5.11 Å². The number of aryl methyl sites for hydroxylation is 1. The normalized spacial score (nSPS) is 10.1. The van der Waals surface area contributed by atoms with Crippen molar-refractivity contribution in [3.05, 3.63) is 71.8 Å². The highest BCUT2D eigenvalue weighted by Crippen LogP contribution is 2.26. The lowest BCUT2D eigenvalue weighted by molar-refractivity contribution is 0.475. The Labute approximate surface area is 95.7 Å². The molecule has 0 radical (unpaired) electrons. The molecule has 0 aliphatic heterocycles. The van der Waals surface area contributed by atoms with E-state index in [4.69, 9.17) is 0 Å². The summed E-state index contributed by atoms with van der Waals surface area (Å²) in [4.78, 5) is 0. The Balaban J connectivity index is 2.44. The van der Waals surface area contributed by atoms with E-state index in [-0.39, 0.29) is 5.75 Å². The molecule has 0 bridgehead atoms. The lowest BCUT2D eigenvalue weighted by Gasteiger charge is -2.09. The van der Waals surface area contributed by atoms with Crippen molar-refractivity contribution in [1.29, 1.82) is 0 Å². The zero-order valence-electron chi connectivity index (χ0n) is 9.27. The molecule has 2 aromatic carbocycles. The maximum Gasteiger partial charge on any atom is 0.116 e. The third-order valence-corrected chi connectivity index (χ3v) is 2.66. The predicted molar refractivity (Wildman–Crippen MR) is 67.4 cm³/mol. The van der Waals surface area contributed by atoms with E-state index in [2.05, 4.69) is 19.6 Å². The number of phenolic OH excluding ortho intramolecular Hbond substituents is 1. The highest BCUT2D eigenvalue weighted by Gasteiger charge is 2.05. The standard InChI is InChI=1S/C15H14O/c1-11-6-3-4-9-15(11)12(2)13-7-5-8-14(16)10-13/h3-10,16H,2H2,1H3. The summed E-state index contributed by atoms with van der Waals surface area (Å²) in [7, 11) is 0. The second kappa shape index (κ2) is 4.23. The lowest BCUT2D eigenvalue weighted by Crippen LogP contribution is -1.89. The number of benzene rings is 2. The summed E-state index contributed by atoms with van der Waals surface area (Å²) in [6, 6.07) is 15.3. The van der Waals surface area contributed by atoms with Crippen molar-refractivity contribution in [3.63, 3.8) is 0 Å². The summed E-state index contributed by atoms with van der Waals surface area (Å²) >= 11 is 0. The predicted octanol–water partition coefficient (Wildman–Crippen LogP) is 3.76. The van der Waals surface area contributed by atoms with Crippen LogP contribution in [0, 0.1) is 6.92 Å². The third-order valence-electron chi connectivity index (χ3n) is 2.66. The molecule has 0 saturated carbocycles. The number of hydrogen-bond acceptors (Lipinski definition) is 1. The Hall–Kier alpha value is -2.02. The summed E-state index contributed by atoms with van der Waals surface area (Å²) in [6.45, 7) is 6.14. The van der Waals surface area contributed by atoms with Crippen LogP contribution in [0.15, 0.2) is 55.1 Å². The van der Waals surface area contributed by atoms with E-state index >= 15 is 0 Å². The summed E-state index contributed by atoms with van der Waals surface area (Å²) in [6.07, 6.45) is 0. The first-order valence-electron chi connectivity index (χ1n) is 5.23. The van der Waals surface area contributed by atoms with Gasteiger partial charge in [-0.15, -0.1) is 0 Å². The smallest absolute Gasteiger partial charge is 0.116 e. The Bertz CT molecular complexity index is 526. The van der Waals surface area contributed by atoms with E-state index in [0.717, 1.165) is 16.7 Å². The van der Waals surface area contributed by atoms with Gasteiger partial charge in [0.1, 0.15) is 5.75 Å². The number of hydrogen-bond donors (Lipinski definition) is 1. The van der Waals surface area contributed by atoms with Crippen molar-refractivity contribution in [3.8, 4) is 5.75 Å². The fourth-order valence-corrected chi connectivity index (χ4v) is 1.76. The van der Waals surface area contributed by atoms with Crippen LogP contribution in [0.25, 0.3) is 5.57 Å². The molecule has 2 aromatic rings. The molecule has 0 unspecified atom stereocenters. The fourth-order valence-electron chi connectivity index (χ4n) is 1.76. The van der Waals surface area contributed by atoms with Crippen LogP contribution in [0.3, 0.4) is 0 Å². The van der Waals surface area contributed by atoms with Crippen molar-refractivity contribution in [2.45, 2.75) is 6.92 Å². The first-order chi connectivity index (χ1) is 7.68. The van der Waals surface area contributed by atoms with Gasteiger partial charge in [-0.3, -0.25) is 0 Å². The highest BCUT2D eigenvalue weighted by atomic mass is 16.3. The van der Waals surface area contributed by atoms with Crippen molar-refractivity contribution in [2.75, 3.05) is 0 Å². The maximum absolute atomic E-state index is 9.44. The summed E-state index contributed by atoms with van der Waals surface area (Å²) in [5, 5.41) is 9.44. The molecule has 0 spiro atoms. The minimum atomic E-state index is 0.271. The molecule has 1 heteroatoms. The van der Waals surface area contributed by atoms with E-state index in [1.165, 1.54) is 5.56 Å². The van der Waals surface area contributed by atoms with Gasteiger partial charge in [-0.1, -0.05) is 43.0 Å². The van der Waals surface area contributed by atoms with Gasteiger partial charge in [0.25, 0.3) is 0 Å². The van der Waals surface area contributed by atoms with Gasteiger partial charge < -0.3 is 5.11 Å². The van der Waals surface area contributed by atoms with Gasteiger partial charge >= 0.3 is 0 Å². The molecule has 0 atom stereocenters. The largest absolute Gasteiger partial charge is 0.508 e. The number of phenols is 1. The molecule has 0 saturated heterocycles. The Morgan fingerprint density at radius 3 is 2.50 bits per heavy atom. The second-order valence-corrected chi connectivity index (χ2v) is 3.84. The van der Waals surface area contributed by atoms with Crippen LogP contribution in [0.4, 0.5) is 0 Å². The zero-order chi connectivity index (χ0) is 11.5. The average Bonchev–Trinajstić information content (AvgIpc) is 2.29. The van der Waals surface area contributed by atoms with E-state index in [1.54, 1.807) is 12.1 Å². The molecule has 0 aromatic heterocycles. The van der Waals surface area contributed by atoms with E-state index in [9.17, 15) is 5.11 Å².